The largest absolute Gasteiger partial charge is 0.484 e. The molecule has 0 aliphatic heterocycles. The van der Waals surface area contributed by atoms with Gasteiger partial charge in [-0.2, -0.15) is 0 Å². The van der Waals surface area contributed by atoms with Gasteiger partial charge in [-0.1, -0.05) is 31.5 Å². The monoisotopic (exact) mass is 337 g/mol. The van der Waals surface area contributed by atoms with Crippen molar-refractivity contribution >= 4 is 28.8 Å². The predicted octanol–water partition coefficient (Wildman–Crippen LogP) is 4.53. The summed E-state index contributed by atoms with van der Waals surface area (Å²) >= 11 is 7.31. The number of hydrogen-bond acceptors (Lipinski definition) is 3. The Bertz CT molecular complexity index is 652. The molecule has 2 aromatic rings. The summed E-state index contributed by atoms with van der Waals surface area (Å²) in [5.41, 5.74) is 2.48. The van der Waals surface area contributed by atoms with E-state index < -0.39 is 0 Å². The topological polar surface area (TPSA) is 38.3 Å². The van der Waals surface area contributed by atoms with E-state index in [1.165, 1.54) is 22.5 Å². The molecule has 118 valence electrons. The molecule has 0 spiro atoms. The molecule has 0 saturated carbocycles. The molecule has 0 fully saturated rings. The highest BCUT2D eigenvalue weighted by atomic mass is 35.5. The van der Waals surface area contributed by atoms with Crippen molar-refractivity contribution in [1.82, 2.24) is 5.32 Å². The van der Waals surface area contributed by atoms with Crippen molar-refractivity contribution in [1.29, 1.82) is 0 Å². The third kappa shape index (κ3) is 4.75. The van der Waals surface area contributed by atoms with E-state index in [2.05, 4.69) is 32.2 Å². The highest BCUT2D eigenvalue weighted by Gasteiger charge is 2.07. The van der Waals surface area contributed by atoms with Gasteiger partial charge in [-0.15, -0.1) is 11.3 Å². The van der Waals surface area contributed by atoms with Crippen LogP contribution < -0.4 is 10.1 Å². The number of thiophene rings is 1. The fraction of sp³-hybridized carbons (Fsp3) is 0.353. The summed E-state index contributed by atoms with van der Waals surface area (Å²) in [6.07, 6.45) is 0. The van der Waals surface area contributed by atoms with Crippen LogP contribution in [0.3, 0.4) is 0 Å². The van der Waals surface area contributed by atoms with Crippen LogP contribution in [0.5, 0.6) is 5.75 Å². The molecule has 1 aromatic carbocycles. The van der Waals surface area contributed by atoms with Crippen molar-refractivity contribution in [3.05, 3.63) is 50.7 Å². The Morgan fingerprint density at radius 3 is 2.68 bits per heavy atom. The molecule has 1 heterocycles. The summed E-state index contributed by atoms with van der Waals surface area (Å²) in [6.45, 7) is 6.87. The lowest BCUT2D eigenvalue weighted by Gasteiger charge is -2.12. The smallest absolute Gasteiger partial charge is 0.258 e. The first-order valence-electron chi connectivity index (χ1n) is 7.20. The fourth-order valence-electron chi connectivity index (χ4n) is 2.22. The number of ether oxygens (including phenoxy) is 1. The van der Waals surface area contributed by atoms with Crippen molar-refractivity contribution in [3.63, 3.8) is 0 Å². The van der Waals surface area contributed by atoms with Crippen LogP contribution in [0.2, 0.25) is 4.34 Å². The SMILES string of the molecule is Cc1cc(OCC(=O)NCc2ccc(Cl)s2)ccc1C(C)C. The Labute approximate surface area is 140 Å². The average Bonchev–Trinajstić information content (AvgIpc) is 2.88. The number of hydrogen-bond donors (Lipinski definition) is 1. The van der Waals surface area contributed by atoms with Crippen LogP contribution in [0.25, 0.3) is 0 Å². The molecule has 0 atom stereocenters. The molecule has 1 amide bonds. The van der Waals surface area contributed by atoms with Gasteiger partial charge in [-0.3, -0.25) is 4.79 Å². The molecule has 0 bridgehead atoms. The van der Waals surface area contributed by atoms with Crippen molar-refractivity contribution in [2.24, 2.45) is 0 Å². The molecule has 0 radical (unpaired) electrons. The van der Waals surface area contributed by atoms with E-state index >= 15 is 0 Å². The summed E-state index contributed by atoms with van der Waals surface area (Å²) in [5, 5.41) is 2.81. The molecule has 5 heteroatoms. The maximum atomic E-state index is 11.8. The third-order valence-corrected chi connectivity index (χ3v) is 4.55. The summed E-state index contributed by atoms with van der Waals surface area (Å²) in [7, 11) is 0. The van der Waals surface area contributed by atoms with E-state index in [4.69, 9.17) is 16.3 Å². The molecule has 22 heavy (non-hydrogen) atoms. The normalized spacial score (nSPS) is 10.8. The Balaban J connectivity index is 1.82. The second-order valence-electron chi connectivity index (χ2n) is 5.44. The number of nitrogens with one attached hydrogen (secondary N) is 1. The predicted molar refractivity (Wildman–Crippen MR) is 91.9 cm³/mol. The van der Waals surface area contributed by atoms with E-state index in [9.17, 15) is 4.79 Å². The third-order valence-electron chi connectivity index (χ3n) is 3.32. The van der Waals surface area contributed by atoms with Gasteiger partial charge in [0.2, 0.25) is 0 Å². The number of aryl methyl sites for hydroxylation is 1. The van der Waals surface area contributed by atoms with Gasteiger partial charge in [0.1, 0.15) is 5.75 Å². The molecule has 3 nitrogen and oxygen atoms in total. The number of halogens is 1. The average molecular weight is 338 g/mol. The van der Waals surface area contributed by atoms with E-state index in [-0.39, 0.29) is 12.5 Å². The number of carbonyl (C=O) groups is 1. The van der Waals surface area contributed by atoms with Gasteiger partial charge in [-0.25, -0.2) is 0 Å². The Kier molecular flexibility index (Phi) is 5.86. The molecule has 1 aromatic heterocycles. The minimum atomic E-state index is -0.143. The zero-order valence-corrected chi connectivity index (χ0v) is 14.6. The van der Waals surface area contributed by atoms with E-state index in [1.54, 1.807) is 0 Å². The van der Waals surface area contributed by atoms with Crippen LogP contribution in [0.4, 0.5) is 0 Å². The lowest BCUT2D eigenvalue weighted by Crippen LogP contribution is -2.28. The van der Waals surface area contributed by atoms with Crippen LogP contribution in [0.1, 0.15) is 35.8 Å². The van der Waals surface area contributed by atoms with Crippen LogP contribution in [0, 0.1) is 6.92 Å². The Morgan fingerprint density at radius 1 is 1.32 bits per heavy atom. The zero-order chi connectivity index (χ0) is 16.1. The summed E-state index contributed by atoms with van der Waals surface area (Å²) in [6, 6.07) is 9.67. The lowest BCUT2D eigenvalue weighted by molar-refractivity contribution is -0.123. The van der Waals surface area contributed by atoms with Crippen LogP contribution in [-0.2, 0) is 11.3 Å². The van der Waals surface area contributed by atoms with E-state index in [1.807, 2.05) is 24.3 Å². The number of rotatable bonds is 6. The fourth-order valence-corrected chi connectivity index (χ4v) is 3.25. The van der Waals surface area contributed by atoms with Gasteiger partial charge < -0.3 is 10.1 Å². The molecule has 0 unspecified atom stereocenters. The van der Waals surface area contributed by atoms with Gasteiger partial charge in [0, 0.05) is 4.88 Å². The number of carbonyl (C=O) groups excluding carboxylic acids is 1. The van der Waals surface area contributed by atoms with Crippen LogP contribution >= 0.6 is 22.9 Å². The van der Waals surface area contributed by atoms with Gasteiger partial charge in [0.25, 0.3) is 5.91 Å². The van der Waals surface area contributed by atoms with Gasteiger partial charge >= 0.3 is 0 Å². The van der Waals surface area contributed by atoms with Crippen LogP contribution in [0.15, 0.2) is 30.3 Å². The van der Waals surface area contributed by atoms with Crippen molar-refractivity contribution in [2.75, 3.05) is 6.61 Å². The second kappa shape index (κ2) is 7.65. The summed E-state index contributed by atoms with van der Waals surface area (Å²) in [4.78, 5) is 12.8. The zero-order valence-electron chi connectivity index (χ0n) is 13.0. The Morgan fingerprint density at radius 2 is 2.09 bits per heavy atom. The molecular formula is C17H20ClNO2S. The van der Waals surface area contributed by atoms with Crippen molar-refractivity contribution in [2.45, 2.75) is 33.2 Å². The molecule has 0 aliphatic rings. The molecule has 1 N–H and O–H groups in total. The molecule has 0 aliphatic carbocycles. The maximum absolute atomic E-state index is 11.8. The lowest BCUT2D eigenvalue weighted by atomic mass is 9.98. The highest BCUT2D eigenvalue weighted by molar-refractivity contribution is 7.16. The number of benzene rings is 1. The van der Waals surface area contributed by atoms with Crippen molar-refractivity contribution < 1.29 is 9.53 Å². The first kappa shape index (κ1) is 16.8. The van der Waals surface area contributed by atoms with E-state index in [0.29, 0.717) is 12.5 Å². The minimum Gasteiger partial charge on any atom is -0.484 e. The molecule has 0 saturated heterocycles. The number of amides is 1. The minimum absolute atomic E-state index is 0.0135. The second-order valence-corrected chi connectivity index (χ2v) is 7.24. The van der Waals surface area contributed by atoms with Gasteiger partial charge in [0.15, 0.2) is 6.61 Å². The van der Waals surface area contributed by atoms with Gasteiger partial charge in [-0.05, 0) is 48.2 Å². The summed E-state index contributed by atoms with van der Waals surface area (Å²) < 4.78 is 6.27. The van der Waals surface area contributed by atoms with Crippen LogP contribution in [-0.4, -0.2) is 12.5 Å². The van der Waals surface area contributed by atoms with Crippen molar-refractivity contribution in [3.8, 4) is 5.75 Å². The summed E-state index contributed by atoms with van der Waals surface area (Å²) in [5.74, 6) is 1.06. The quantitative estimate of drug-likeness (QED) is 0.841. The standard InChI is InChI=1S/C17H20ClNO2S/c1-11(2)15-6-4-13(8-12(15)3)21-10-17(20)19-9-14-5-7-16(18)22-14/h4-8,11H,9-10H2,1-3H3,(H,19,20). The molecule has 2 rings (SSSR count). The van der Waals surface area contributed by atoms with E-state index in [0.717, 1.165) is 15.0 Å². The van der Waals surface area contributed by atoms with Gasteiger partial charge in [0.05, 0.1) is 10.9 Å². The Hall–Kier alpha value is -1.52. The first-order chi connectivity index (χ1) is 10.5. The maximum Gasteiger partial charge on any atom is 0.258 e. The molecular weight excluding hydrogens is 318 g/mol. The first-order valence-corrected chi connectivity index (χ1v) is 8.39. The highest BCUT2D eigenvalue weighted by Crippen LogP contribution is 2.23.